The lowest BCUT2D eigenvalue weighted by Crippen LogP contribution is -2.45. The van der Waals surface area contributed by atoms with Crippen LogP contribution in [0.15, 0.2) is 24.3 Å². The number of hydrogen-bond acceptors (Lipinski definition) is 2. The molecule has 3 rings (SSSR count). The van der Waals surface area contributed by atoms with Gasteiger partial charge in [-0.15, -0.1) is 0 Å². The van der Waals surface area contributed by atoms with E-state index in [4.69, 9.17) is 0 Å². The van der Waals surface area contributed by atoms with Crippen LogP contribution in [0.4, 0.5) is 4.39 Å². The van der Waals surface area contributed by atoms with Gasteiger partial charge in [0.25, 0.3) is 0 Å². The van der Waals surface area contributed by atoms with Crippen molar-refractivity contribution in [2.24, 2.45) is 5.92 Å². The van der Waals surface area contributed by atoms with E-state index in [1.54, 1.807) is 6.07 Å². The smallest absolute Gasteiger partial charge is 0.223 e. The van der Waals surface area contributed by atoms with Crippen LogP contribution in [0, 0.1) is 11.7 Å². The molecule has 1 N–H and O–H groups in total. The van der Waals surface area contributed by atoms with Gasteiger partial charge in [-0.3, -0.25) is 4.79 Å². The lowest BCUT2D eigenvalue weighted by Gasteiger charge is -2.30. The molecule has 0 atom stereocenters. The van der Waals surface area contributed by atoms with Crippen LogP contribution in [0.25, 0.3) is 0 Å². The first-order valence-electron chi connectivity index (χ1n) is 6.97. The van der Waals surface area contributed by atoms with Crippen molar-refractivity contribution in [3.63, 3.8) is 0 Å². The Morgan fingerprint density at radius 2 is 2.16 bits per heavy atom. The van der Waals surface area contributed by atoms with Gasteiger partial charge in [0, 0.05) is 19.0 Å². The predicted molar refractivity (Wildman–Crippen MR) is 70.9 cm³/mol. The zero-order valence-corrected chi connectivity index (χ0v) is 10.9. The summed E-state index contributed by atoms with van der Waals surface area (Å²) < 4.78 is 13.2. The minimum atomic E-state index is -0.233. The first-order valence-corrected chi connectivity index (χ1v) is 6.97. The Morgan fingerprint density at radius 1 is 1.37 bits per heavy atom. The molecule has 1 amide bonds. The SMILES string of the molecule is O=C(CC1CNC1)N(Cc1cccc(F)c1)C1CC1. The highest BCUT2D eigenvalue weighted by molar-refractivity contribution is 5.77. The molecule has 0 aromatic heterocycles. The van der Waals surface area contributed by atoms with E-state index in [1.807, 2.05) is 11.0 Å². The summed E-state index contributed by atoms with van der Waals surface area (Å²) in [6, 6.07) is 6.93. The quantitative estimate of drug-likeness (QED) is 0.879. The van der Waals surface area contributed by atoms with Crippen LogP contribution in [0.5, 0.6) is 0 Å². The number of carbonyl (C=O) groups excluding carboxylic acids is 1. The van der Waals surface area contributed by atoms with Crippen LogP contribution in [-0.2, 0) is 11.3 Å². The van der Waals surface area contributed by atoms with Gasteiger partial charge in [-0.1, -0.05) is 12.1 Å². The highest BCUT2D eigenvalue weighted by atomic mass is 19.1. The van der Waals surface area contributed by atoms with Crippen molar-refractivity contribution in [2.75, 3.05) is 13.1 Å². The normalized spacial score (nSPS) is 19.0. The molecule has 4 heteroatoms. The highest BCUT2D eigenvalue weighted by Gasteiger charge is 2.34. The number of benzene rings is 1. The van der Waals surface area contributed by atoms with Gasteiger partial charge < -0.3 is 10.2 Å². The van der Waals surface area contributed by atoms with Gasteiger partial charge in [0.15, 0.2) is 0 Å². The molecule has 0 spiro atoms. The Morgan fingerprint density at radius 3 is 2.74 bits per heavy atom. The van der Waals surface area contributed by atoms with Crippen molar-refractivity contribution < 1.29 is 9.18 Å². The summed E-state index contributed by atoms with van der Waals surface area (Å²) >= 11 is 0. The molecule has 1 saturated heterocycles. The largest absolute Gasteiger partial charge is 0.335 e. The Labute approximate surface area is 112 Å². The van der Waals surface area contributed by atoms with E-state index in [2.05, 4.69) is 5.32 Å². The van der Waals surface area contributed by atoms with Crippen LogP contribution < -0.4 is 5.32 Å². The maximum absolute atomic E-state index is 13.2. The van der Waals surface area contributed by atoms with Gasteiger partial charge in [-0.05, 0) is 49.5 Å². The summed E-state index contributed by atoms with van der Waals surface area (Å²) in [5.41, 5.74) is 0.881. The summed E-state index contributed by atoms with van der Waals surface area (Å²) in [4.78, 5) is 14.3. The molecule has 0 radical (unpaired) electrons. The van der Waals surface area contributed by atoms with Crippen molar-refractivity contribution >= 4 is 5.91 Å². The van der Waals surface area contributed by atoms with E-state index in [-0.39, 0.29) is 11.7 Å². The molecule has 1 aliphatic carbocycles. The molecule has 2 aliphatic rings. The Hall–Kier alpha value is -1.42. The highest BCUT2D eigenvalue weighted by Crippen LogP contribution is 2.30. The molecule has 102 valence electrons. The molecule has 3 nitrogen and oxygen atoms in total. The molecular weight excluding hydrogens is 243 g/mol. The van der Waals surface area contributed by atoms with Crippen LogP contribution in [0.3, 0.4) is 0 Å². The first kappa shape index (κ1) is 12.6. The number of carbonyl (C=O) groups is 1. The molecule has 1 heterocycles. The van der Waals surface area contributed by atoms with Crippen LogP contribution in [-0.4, -0.2) is 29.9 Å². The number of nitrogens with one attached hydrogen (secondary N) is 1. The van der Waals surface area contributed by atoms with E-state index >= 15 is 0 Å². The molecular formula is C15H19FN2O. The summed E-state index contributed by atoms with van der Waals surface area (Å²) in [6.45, 7) is 2.44. The fraction of sp³-hybridized carbons (Fsp3) is 0.533. The monoisotopic (exact) mass is 262 g/mol. The summed E-state index contributed by atoms with van der Waals surface area (Å²) in [6.07, 6.45) is 2.80. The van der Waals surface area contributed by atoms with E-state index in [1.165, 1.54) is 12.1 Å². The second kappa shape index (κ2) is 5.29. The fourth-order valence-corrected chi connectivity index (χ4v) is 2.50. The summed E-state index contributed by atoms with van der Waals surface area (Å²) in [5.74, 6) is 0.475. The zero-order chi connectivity index (χ0) is 13.2. The van der Waals surface area contributed by atoms with E-state index in [0.29, 0.717) is 24.9 Å². The standard InChI is InChI=1S/C15H19FN2O/c16-13-3-1-2-11(6-13)10-18(14-4-5-14)15(19)7-12-8-17-9-12/h1-3,6,12,14,17H,4-5,7-10H2. The average Bonchev–Trinajstić information content (AvgIpc) is 3.15. The van der Waals surface area contributed by atoms with Crippen molar-refractivity contribution in [2.45, 2.75) is 31.8 Å². The maximum Gasteiger partial charge on any atom is 0.223 e. The van der Waals surface area contributed by atoms with Crippen LogP contribution in [0.1, 0.15) is 24.8 Å². The summed E-state index contributed by atoms with van der Waals surface area (Å²) in [5, 5.41) is 3.19. The number of hydrogen-bond donors (Lipinski definition) is 1. The number of amides is 1. The maximum atomic E-state index is 13.2. The Bertz CT molecular complexity index is 469. The zero-order valence-electron chi connectivity index (χ0n) is 10.9. The van der Waals surface area contributed by atoms with Gasteiger partial charge in [0.2, 0.25) is 5.91 Å². The van der Waals surface area contributed by atoms with Crippen molar-refractivity contribution in [3.8, 4) is 0 Å². The second-order valence-corrected chi connectivity index (χ2v) is 5.61. The lowest BCUT2D eigenvalue weighted by atomic mass is 9.98. The van der Waals surface area contributed by atoms with E-state index < -0.39 is 0 Å². The average molecular weight is 262 g/mol. The third kappa shape index (κ3) is 3.13. The van der Waals surface area contributed by atoms with Gasteiger partial charge in [-0.25, -0.2) is 4.39 Å². The fourth-order valence-electron chi connectivity index (χ4n) is 2.50. The van der Waals surface area contributed by atoms with Gasteiger partial charge in [0.1, 0.15) is 5.82 Å². The van der Waals surface area contributed by atoms with Crippen molar-refractivity contribution in [1.82, 2.24) is 10.2 Å². The molecule has 0 bridgehead atoms. The van der Waals surface area contributed by atoms with E-state index in [0.717, 1.165) is 31.5 Å². The summed E-state index contributed by atoms with van der Waals surface area (Å²) in [7, 11) is 0. The minimum absolute atomic E-state index is 0.221. The minimum Gasteiger partial charge on any atom is -0.335 e. The predicted octanol–water partition coefficient (Wildman–Crippen LogP) is 1.93. The molecule has 19 heavy (non-hydrogen) atoms. The second-order valence-electron chi connectivity index (χ2n) is 5.61. The molecule has 2 fully saturated rings. The lowest BCUT2D eigenvalue weighted by molar-refractivity contribution is -0.133. The number of rotatable bonds is 5. The third-order valence-electron chi connectivity index (χ3n) is 3.88. The van der Waals surface area contributed by atoms with Gasteiger partial charge in [-0.2, -0.15) is 0 Å². The van der Waals surface area contributed by atoms with Gasteiger partial charge in [0.05, 0.1) is 0 Å². The molecule has 1 aromatic rings. The molecule has 1 aliphatic heterocycles. The molecule has 1 aromatic carbocycles. The molecule has 1 saturated carbocycles. The van der Waals surface area contributed by atoms with E-state index in [9.17, 15) is 9.18 Å². The van der Waals surface area contributed by atoms with Crippen LogP contribution in [0.2, 0.25) is 0 Å². The van der Waals surface area contributed by atoms with Gasteiger partial charge >= 0.3 is 0 Å². The Kier molecular flexibility index (Phi) is 3.51. The third-order valence-corrected chi connectivity index (χ3v) is 3.88. The number of nitrogens with zero attached hydrogens (tertiary/aromatic N) is 1. The van der Waals surface area contributed by atoms with Crippen LogP contribution >= 0.6 is 0 Å². The topological polar surface area (TPSA) is 32.3 Å². The van der Waals surface area contributed by atoms with Crippen molar-refractivity contribution in [3.05, 3.63) is 35.6 Å². The molecule has 0 unspecified atom stereocenters. The first-order chi connectivity index (χ1) is 9.22. The van der Waals surface area contributed by atoms with Crippen molar-refractivity contribution in [1.29, 1.82) is 0 Å². The number of halogens is 1. The Balaban J connectivity index is 1.65.